The van der Waals surface area contributed by atoms with E-state index in [9.17, 15) is 0 Å². The largest absolute Gasteiger partial charge is 0.379 e. The normalized spacial score (nSPS) is 30.3. The summed E-state index contributed by atoms with van der Waals surface area (Å²) < 4.78 is 5.30. The van der Waals surface area contributed by atoms with Gasteiger partial charge in [-0.25, -0.2) is 4.99 Å². The quantitative estimate of drug-likeness (QED) is 0.684. The van der Waals surface area contributed by atoms with E-state index >= 15 is 0 Å². The Labute approximate surface area is 96.6 Å². The van der Waals surface area contributed by atoms with Gasteiger partial charge in [-0.05, 0) is 13.0 Å². The first-order valence-corrected chi connectivity index (χ1v) is 5.74. The molecule has 1 fully saturated rings. The van der Waals surface area contributed by atoms with E-state index in [1.54, 1.807) is 6.08 Å². The lowest BCUT2D eigenvalue weighted by molar-refractivity contribution is 0.0374. The Bertz CT molecular complexity index is 273. The molecule has 0 amide bonds. The molecule has 2 N–H and O–H groups in total. The summed E-state index contributed by atoms with van der Waals surface area (Å²) in [5, 5.41) is 6.54. The summed E-state index contributed by atoms with van der Waals surface area (Å²) in [4.78, 5) is 6.64. The van der Waals surface area contributed by atoms with E-state index < -0.39 is 5.79 Å². The molecule has 0 spiro atoms. The van der Waals surface area contributed by atoms with Crippen LogP contribution in [0.3, 0.4) is 0 Å². The van der Waals surface area contributed by atoms with Gasteiger partial charge < -0.3 is 10.1 Å². The summed E-state index contributed by atoms with van der Waals surface area (Å²) >= 11 is 0. The average molecular weight is 223 g/mol. The van der Waals surface area contributed by atoms with E-state index in [0.717, 1.165) is 39.4 Å². The zero-order valence-corrected chi connectivity index (χ0v) is 9.70. The Morgan fingerprint density at radius 3 is 3.06 bits per heavy atom. The third kappa shape index (κ3) is 3.30. The molecule has 0 aromatic heterocycles. The van der Waals surface area contributed by atoms with Crippen molar-refractivity contribution in [2.75, 3.05) is 39.4 Å². The fraction of sp³-hybridized carbons (Fsp3) is 0.727. The highest BCUT2D eigenvalue weighted by molar-refractivity contribution is 5.72. The highest BCUT2D eigenvalue weighted by atomic mass is 16.5. The lowest BCUT2D eigenvalue weighted by atomic mass is 10.3. The maximum Gasteiger partial charge on any atom is 0.182 e. The number of nitrogens with one attached hydrogen (secondary N) is 2. The van der Waals surface area contributed by atoms with Crippen LogP contribution >= 0.6 is 0 Å². The number of allylic oxidation sites excluding steroid dienone is 1. The molecular formula is C11H19N4O. The first kappa shape index (κ1) is 11.6. The van der Waals surface area contributed by atoms with Gasteiger partial charge in [0.05, 0.1) is 19.4 Å². The summed E-state index contributed by atoms with van der Waals surface area (Å²) in [5.41, 5.74) is 0. The van der Waals surface area contributed by atoms with Crippen LogP contribution < -0.4 is 10.6 Å². The lowest BCUT2D eigenvalue weighted by Crippen LogP contribution is -2.54. The second-order valence-electron chi connectivity index (χ2n) is 4.17. The van der Waals surface area contributed by atoms with E-state index in [-0.39, 0.29) is 0 Å². The maximum atomic E-state index is 5.30. The van der Waals surface area contributed by atoms with Crippen LogP contribution in [-0.4, -0.2) is 56.3 Å². The summed E-state index contributed by atoms with van der Waals surface area (Å²) in [6.45, 7) is 7.70. The molecule has 1 unspecified atom stereocenters. The van der Waals surface area contributed by atoms with E-state index in [0.29, 0.717) is 0 Å². The second-order valence-corrected chi connectivity index (χ2v) is 4.17. The van der Waals surface area contributed by atoms with Gasteiger partial charge in [-0.2, -0.15) is 0 Å². The Kier molecular flexibility index (Phi) is 3.93. The van der Waals surface area contributed by atoms with Crippen molar-refractivity contribution in [1.82, 2.24) is 15.5 Å². The molecule has 0 saturated carbocycles. The molecule has 5 nitrogen and oxygen atoms in total. The number of hydrogen-bond acceptors (Lipinski definition) is 5. The smallest absolute Gasteiger partial charge is 0.182 e. The van der Waals surface area contributed by atoms with Crippen molar-refractivity contribution in [2.24, 2.45) is 4.99 Å². The van der Waals surface area contributed by atoms with Crippen LogP contribution in [0.15, 0.2) is 17.3 Å². The van der Waals surface area contributed by atoms with Gasteiger partial charge in [0.1, 0.15) is 0 Å². The third-order valence-corrected chi connectivity index (χ3v) is 2.81. The minimum Gasteiger partial charge on any atom is -0.379 e. The minimum absolute atomic E-state index is 0.402. The molecular weight excluding hydrogens is 204 g/mol. The molecule has 2 heterocycles. The number of rotatable bonds is 4. The first-order chi connectivity index (χ1) is 7.79. The van der Waals surface area contributed by atoms with Gasteiger partial charge in [0.2, 0.25) is 0 Å². The van der Waals surface area contributed by atoms with Gasteiger partial charge in [-0.3, -0.25) is 10.2 Å². The Morgan fingerprint density at radius 2 is 2.38 bits per heavy atom. The van der Waals surface area contributed by atoms with Crippen LogP contribution in [0.25, 0.3) is 0 Å². The molecule has 89 valence electrons. The van der Waals surface area contributed by atoms with Gasteiger partial charge in [0, 0.05) is 32.4 Å². The summed E-state index contributed by atoms with van der Waals surface area (Å²) in [6.07, 6.45) is 6.47. The van der Waals surface area contributed by atoms with Gasteiger partial charge in [-0.1, -0.05) is 0 Å². The SMILES string of the molecule is CC1(NCCN2CCOCC2)N=[C]C=CN1. The number of aliphatic imine (C=N–C) groups is 1. The second kappa shape index (κ2) is 5.43. The highest BCUT2D eigenvalue weighted by Crippen LogP contribution is 2.03. The van der Waals surface area contributed by atoms with Crippen molar-refractivity contribution in [3.8, 4) is 0 Å². The van der Waals surface area contributed by atoms with Crippen molar-refractivity contribution < 1.29 is 4.74 Å². The fourth-order valence-corrected chi connectivity index (χ4v) is 1.81. The van der Waals surface area contributed by atoms with E-state index in [1.807, 2.05) is 13.1 Å². The zero-order valence-electron chi connectivity index (χ0n) is 9.70. The number of nitrogens with zero attached hydrogens (tertiary/aromatic N) is 2. The van der Waals surface area contributed by atoms with Crippen LogP contribution in [0.2, 0.25) is 0 Å². The number of morpholine rings is 1. The van der Waals surface area contributed by atoms with Crippen molar-refractivity contribution in [2.45, 2.75) is 12.7 Å². The molecule has 0 aromatic carbocycles. The van der Waals surface area contributed by atoms with Crippen LogP contribution in [0.1, 0.15) is 6.92 Å². The molecule has 0 aliphatic carbocycles. The van der Waals surface area contributed by atoms with Gasteiger partial charge in [0.25, 0.3) is 0 Å². The average Bonchev–Trinajstić information content (AvgIpc) is 2.31. The van der Waals surface area contributed by atoms with Gasteiger partial charge >= 0.3 is 0 Å². The molecule has 5 heteroatoms. The number of hydrogen-bond donors (Lipinski definition) is 2. The monoisotopic (exact) mass is 223 g/mol. The zero-order chi connectivity index (χ0) is 11.3. The third-order valence-electron chi connectivity index (χ3n) is 2.81. The van der Waals surface area contributed by atoms with E-state index in [2.05, 4.69) is 26.7 Å². The van der Waals surface area contributed by atoms with Crippen LogP contribution in [-0.2, 0) is 4.74 Å². The molecule has 1 saturated heterocycles. The van der Waals surface area contributed by atoms with E-state index in [4.69, 9.17) is 4.74 Å². The molecule has 1 atom stereocenters. The molecule has 0 bridgehead atoms. The standard InChI is InChI=1S/C11H19N4O/c1-11(12-3-2-4-13-11)14-5-6-15-7-9-16-10-8-15/h2-3,12,14H,5-10H2,1H3. The topological polar surface area (TPSA) is 48.9 Å². The molecule has 2 aliphatic heterocycles. The Hall–Kier alpha value is -0.910. The molecule has 2 aliphatic rings. The first-order valence-electron chi connectivity index (χ1n) is 5.74. The fourth-order valence-electron chi connectivity index (χ4n) is 1.81. The predicted molar refractivity (Wildman–Crippen MR) is 63.4 cm³/mol. The predicted octanol–water partition coefficient (Wildman–Crippen LogP) is -0.353. The highest BCUT2D eigenvalue weighted by Gasteiger charge is 2.21. The maximum absolute atomic E-state index is 5.30. The van der Waals surface area contributed by atoms with Gasteiger partial charge in [0.15, 0.2) is 5.79 Å². The summed E-state index contributed by atoms with van der Waals surface area (Å²) in [7, 11) is 0. The Morgan fingerprint density at radius 1 is 1.56 bits per heavy atom. The van der Waals surface area contributed by atoms with Crippen LogP contribution in [0.5, 0.6) is 0 Å². The molecule has 1 radical (unpaired) electrons. The van der Waals surface area contributed by atoms with Crippen molar-refractivity contribution >= 4 is 6.21 Å². The van der Waals surface area contributed by atoms with Crippen molar-refractivity contribution in [3.63, 3.8) is 0 Å². The molecule has 2 rings (SSSR count). The summed E-state index contributed by atoms with van der Waals surface area (Å²) in [6, 6.07) is 0. The van der Waals surface area contributed by atoms with Crippen LogP contribution in [0.4, 0.5) is 0 Å². The van der Waals surface area contributed by atoms with Crippen LogP contribution in [0, 0.1) is 0 Å². The minimum atomic E-state index is -0.402. The molecule has 16 heavy (non-hydrogen) atoms. The molecule has 0 aromatic rings. The van der Waals surface area contributed by atoms with Crippen molar-refractivity contribution in [1.29, 1.82) is 0 Å². The van der Waals surface area contributed by atoms with E-state index in [1.165, 1.54) is 0 Å². The summed E-state index contributed by atoms with van der Waals surface area (Å²) in [5.74, 6) is -0.402. The number of ether oxygens (including phenoxy) is 1. The Balaban J connectivity index is 1.67. The van der Waals surface area contributed by atoms with Gasteiger partial charge in [-0.15, -0.1) is 0 Å². The van der Waals surface area contributed by atoms with Crippen molar-refractivity contribution in [3.05, 3.63) is 12.3 Å². The lowest BCUT2D eigenvalue weighted by Gasteiger charge is -2.31.